The van der Waals surface area contributed by atoms with Gasteiger partial charge in [-0.25, -0.2) is 0 Å². The second-order valence-corrected chi connectivity index (χ2v) is 8.58. The Morgan fingerprint density at radius 1 is 0.969 bits per heavy atom. The fourth-order valence-electron chi connectivity index (χ4n) is 3.11. The zero-order chi connectivity index (χ0) is 25.1. The van der Waals surface area contributed by atoms with E-state index in [-0.39, 0.29) is 23.8 Å². The number of amides is 2. The summed E-state index contributed by atoms with van der Waals surface area (Å²) in [5.74, 6) is 0.314. The highest BCUT2D eigenvalue weighted by Gasteiger charge is 2.19. The van der Waals surface area contributed by atoms with Gasteiger partial charge in [0.2, 0.25) is 11.8 Å². The van der Waals surface area contributed by atoms with E-state index in [9.17, 15) is 9.59 Å². The van der Waals surface area contributed by atoms with Gasteiger partial charge >= 0.3 is 0 Å². The Morgan fingerprint density at radius 3 is 1.91 bits per heavy atom. The fourth-order valence-corrected chi connectivity index (χ4v) is 3.11. The number of unbranched alkanes of at least 4 members (excludes halogenated alkanes) is 1. The van der Waals surface area contributed by atoms with Crippen LogP contribution in [-0.4, -0.2) is 48.9 Å². The number of likely N-dealkylation sites (N-methyl/N-ethyl adjacent to an activating group) is 1. The van der Waals surface area contributed by atoms with E-state index in [1.165, 1.54) is 6.42 Å². The summed E-state index contributed by atoms with van der Waals surface area (Å²) in [6, 6.07) is 8.35. The number of nitrogens with one attached hydrogen (secondary N) is 1. The number of benzene rings is 1. The number of para-hydroxylation sites is 1. The van der Waals surface area contributed by atoms with Crippen LogP contribution in [0.15, 0.2) is 24.3 Å². The molecule has 0 saturated carbocycles. The van der Waals surface area contributed by atoms with Crippen molar-refractivity contribution in [2.24, 2.45) is 5.92 Å². The number of nitrogens with zero attached hydrogens (tertiary/aromatic N) is 2. The fraction of sp³-hybridized carbons (Fsp3) is 0.704. The highest BCUT2D eigenvalue weighted by molar-refractivity contribution is 5.95. The Labute approximate surface area is 198 Å². The molecule has 0 spiro atoms. The van der Waals surface area contributed by atoms with Crippen molar-refractivity contribution in [2.45, 2.75) is 94.5 Å². The summed E-state index contributed by atoms with van der Waals surface area (Å²) in [6.07, 6.45) is 3.40. The Kier molecular flexibility index (Phi) is 20.0. The molecule has 0 aliphatic carbocycles. The molecule has 0 fully saturated rings. The summed E-state index contributed by atoms with van der Waals surface area (Å²) in [5, 5.41) is 2.86. The molecule has 1 N–H and O–H groups in total. The molecule has 0 heterocycles. The van der Waals surface area contributed by atoms with Gasteiger partial charge in [-0.1, -0.05) is 79.5 Å². The van der Waals surface area contributed by atoms with E-state index < -0.39 is 0 Å². The number of hydrogen-bond donors (Lipinski definition) is 1. The molecule has 1 atom stereocenters. The molecule has 5 heteroatoms. The second kappa shape index (κ2) is 19.8. The predicted octanol–water partition coefficient (Wildman–Crippen LogP) is 6.05. The van der Waals surface area contributed by atoms with Crippen LogP contribution in [0.25, 0.3) is 0 Å². The lowest BCUT2D eigenvalue weighted by atomic mass is 10.1. The smallest absolute Gasteiger partial charge is 0.229 e. The van der Waals surface area contributed by atoms with Crippen LogP contribution in [0.3, 0.4) is 0 Å². The topological polar surface area (TPSA) is 52.7 Å². The number of carbonyl (C=O) groups excluding carboxylic acids is 2. The second-order valence-electron chi connectivity index (χ2n) is 8.58. The van der Waals surface area contributed by atoms with Gasteiger partial charge in [0.25, 0.3) is 0 Å². The van der Waals surface area contributed by atoms with Crippen LogP contribution in [0.4, 0.5) is 5.69 Å². The van der Waals surface area contributed by atoms with Crippen molar-refractivity contribution in [3.8, 4) is 0 Å². The van der Waals surface area contributed by atoms with Gasteiger partial charge in [0.05, 0.1) is 0 Å². The molecule has 1 rings (SSSR count). The SMILES string of the molecule is CCC.CCCCN(C(=O)C(C)C)c1ccccc1C.CCN(CC)CC(C)NC(C)=O. The van der Waals surface area contributed by atoms with Crippen molar-refractivity contribution >= 4 is 17.5 Å². The van der Waals surface area contributed by atoms with Crippen molar-refractivity contribution in [3.63, 3.8) is 0 Å². The third-order valence-corrected chi connectivity index (χ3v) is 4.78. The summed E-state index contributed by atoms with van der Waals surface area (Å²) < 4.78 is 0. The number of rotatable bonds is 10. The molecule has 2 amide bonds. The summed E-state index contributed by atoms with van der Waals surface area (Å²) in [4.78, 5) is 27.1. The van der Waals surface area contributed by atoms with Crippen molar-refractivity contribution in [2.75, 3.05) is 31.1 Å². The van der Waals surface area contributed by atoms with Crippen LogP contribution >= 0.6 is 0 Å². The lowest BCUT2D eigenvalue weighted by Crippen LogP contribution is -2.40. The molecule has 32 heavy (non-hydrogen) atoms. The maximum atomic E-state index is 12.2. The van der Waals surface area contributed by atoms with Gasteiger partial charge in [0.1, 0.15) is 0 Å². The normalized spacial score (nSPS) is 11.1. The van der Waals surface area contributed by atoms with Crippen molar-refractivity contribution in [1.82, 2.24) is 10.2 Å². The minimum atomic E-state index is 0.0477. The third kappa shape index (κ3) is 15.0. The first kappa shape index (κ1) is 32.3. The molecular weight excluding hydrogens is 398 g/mol. The van der Waals surface area contributed by atoms with Crippen molar-refractivity contribution < 1.29 is 9.59 Å². The third-order valence-electron chi connectivity index (χ3n) is 4.78. The molecule has 186 valence electrons. The maximum absolute atomic E-state index is 12.2. The van der Waals surface area contributed by atoms with Gasteiger partial charge in [-0.15, -0.1) is 0 Å². The minimum Gasteiger partial charge on any atom is -0.353 e. The maximum Gasteiger partial charge on any atom is 0.229 e. The van der Waals surface area contributed by atoms with E-state index in [1.54, 1.807) is 6.92 Å². The first-order valence-electron chi connectivity index (χ1n) is 12.5. The Hall–Kier alpha value is -1.88. The van der Waals surface area contributed by atoms with Gasteiger partial charge in [0.15, 0.2) is 0 Å². The molecule has 1 aromatic rings. The Bertz CT molecular complexity index is 613. The van der Waals surface area contributed by atoms with Crippen LogP contribution in [-0.2, 0) is 9.59 Å². The van der Waals surface area contributed by atoms with E-state index in [4.69, 9.17) is 0 Å². The quantitative estimate of drug-likeness (QED) is 0.473. The highest BCUT2D eigenvalue weighted by Crippen LogP contribution is 2.21. The minimum absolute atomic E-state index is 0.0477. The van der Waals surface area contributed by atoms with Gasteiger partial charge in [-0.2, -0.15) is 0 Å². The highest BCUT2D eigenvalue weighted by atomic mass is 16.2. The molecule has 0 aliphatic rings. The largest absolute Gasteiger partial charge is 0.353 e. The van der Waals surface area contributed by atoms with Gasteiger partial charge in [-0.05, 0) is 45.0 Å². The zero-order valence-electron chi connectivity index (χ0n) is 22.6. The predicted molar refractivity (Wildman–Crippen MR) is 140 cm³/mol. The Balaban J connectivity index is 0. The summed E-state index contributed by atoms with van der Waals surface area (Å²) >= 11 is 0. The van der Waals surface area contributed by atoms with Gasteiger partial charge in [-0.3, -0.25) is 9.59 Å². The number of carbonyl (C=O) groups is 2. The molecule has 1 aromatic carbocycles. The standard InChI is InChI=1S/C15H23NO.C9H20N2O.C3H8/c1-5-6-11-16(15(17)12(2)3)14-10-8-7-9-13(14)4;1-5-11(6-2)7-8(3)10-9(4)12;1-3-2/h7-10,12H,5-6,11H2,1-4H3;8H,5-7H2,1-4H3,(H,10,12);3H2,1-2H3. The van der Waals surface area contributed by atoms with Gasteiger partial charge < -0.3 is 15.1 Å². The van der Waals surface area contributed by atoms with E-state index in [2.05, 4.69) is 57.8 Å². The number of anilines is 1. The molecule has 0 saturated heterocycles. The van der Waals surface area contributed by atoms with Crippen LogP contribution in [0, 0.1) is 12.8 Å². The average molecular weight is 450 g/mol. The van der Waals surface area contributed by atoms with Crippen LogP contribution in [0.2, 0.25) is 0 Å². The summed E-state index contributed by atoms with van der Waals surface area (Å²) in [7, 11) is 0. The molecule has 0 radical (unpaired) electrons. The van der Waals surface area contributed by atoms with E-state index in [1.807, 2.05) is 43.9 Å². The van der Waals surface area contributed by atoms with E-state index in [0.717, 1.165) is 50.3 Å². The molecule has 1 unspecified atom stereocenters. The first-order chi connectivity index (χ1) is 15.1. The lowest BCUT2D eigenvalue weighted by molar-refractivity contribution is -0.121. The first-order valence-corrected chi connectivity index (χ1v) is 12.5. The monoisotopic (exact) mass is 449 g/mol. The van der Waals surface area contributed by atoms with Gasteiger partial charge in [0, 0.05) is 37.7 Å². The molecule has 0 aromatic heterocycles. The molecule has 0 aliphatic heterocycles. The summed E-state index contributed by atoms with van der Waals surface area (Å²) in [5.41, 5.74) is 2.22. The van der Waals surface area contributed by atoms with Crippen molar-refractivity contribution in [1.29, 1.82) is 0 Å². The molecular formula is C27H51N3O2. The molecule has 0 bridgehead atoms. The van der Waals surface area contributed by atoms with Crippen LogP contribution in [0.5, 0.6) is 0 Å². The number of aryl methyl sites for hydroxylation is 1. The van der Waals surface area contributed by atoms with E-state index in [0.29, 0.717) is 0 Å². The van der Waals surface area contributed by atoms with Crippen LogP contribution in [0.1, 0.15) is 87.1 Å². The average Bonchev–Trinajstić information content (AvgIpc) is 2.73. The Morgan fingerprint density at radius 2 is 1.50 bits per heavy atom. The summed E-state index contributed by atoms with van der Waals surface area (Å²) in [6.45, 7) is 24.1. The molecule has 5 nitrogen and oxygen atoms in total. The zero-order valence-corrected chi connectivity index (χ0v) is 22.6. The van der Waals surface area contributed by atoms with E-state index >= 15 is 0 Å². The van der Waals surface area contributed by atoms with Crippen molar-refractivity contribution in [3.05, 3.63) is 29.8 Å². The number of hydrogen-bond acceptors (Lipinski definition) is 3. The van der Waals surface area contributed by atoms with Crippen LogP contribution < -0.4 is 10.2 Å². The lowest BCUT2D eigenvalue weighted by Gasteiger charge is -2.26.